The van der Waals surface area contributed by atoms with Crippen molar-refractivity contribution in [1.82, 2.24) is 14.9 Å². The van der Waals surface area contributed by atoms with Crippen LogP contribution in [0, 0.1) is 0 Å². The van der Waals surface area contributed by atoms with Crippen molar-refractivity contribution in [2.45, 2.75) is 12.3 Å². The number of amides is 1. The summed E-state index contributed by atoms with van der Waals surface area (Å²) in [5.74, 6) is 0.442. The molecule has 2 aromatic heterocycles. The molecule has 1 atom stereocenters. The van der Waals surface area contributed by atoms with E-state index in [4.69, 9.17) is 0 Å². The van der Waals surface area contributed by atoms with E-state index in [2.05, 4.69) is 40.7 Å². The van der Waals surface area contributed by atoms with Gasteiger partial charge in [-0.25, -0.2) is 4.52 Å². The Bertz CT molecular complexity index is 804. The Morgan fingerprint density at radius 3 is 2.71 bits per heavy atom. The number of pyridine rings is 1. The minimum atomic E-state index is 0.144. The summed E-state index contributed by atoms with van der Waals surface area (Å²) in [7, 11) is 0. The molecule has 0 bridgehead atoms. The SMILES string of the molecule is O=C1CC(c2ccc(-c3cccc4ccnn34)cc2)CN1. The molecule has 1 unspecified atom stereocenters. The molecule has 1 aliphatic rings. The average Bonchev–Trinajstić information content (AvgIpc) is 3.15. The van der Waals surface area contributed by atoms with Crippen molar-refractivity contribution in [3.63, 3.8) is 0 Å². The van der Waals surface area contributed by atoms with E-state index >= 15 is 0 Å². The second-order valence-electron chi connectivity index (χ2n) is 5.41. The van der Waals surface area contributed by atoms with Crippen LogP contribution in [-0.4, -0.2) is 22.1 Å². The predicted molar refractivity (Wildman–Crippen MR) is 81.0 cm³/mol. The van der Waals surface area contributed by atoms with Gasteiger partial charge < -0.3 is 5.32 Å². The first-order valence-electron chi connectivity index (χ1n) is 7.11. The molecule has 1 saturated heterocycles. The first-order valence-corrected chi connectivity index (χ1v) is 7.11. The van der Waals surface area contributed by atoms with Gasteiger partial charge in [0.25, 0.3) is 0 Å². The van der Waals surface area contributed by atoms with Crippen LogP contribution >= 0.6 is 0 Å². The van der Waals surface area contributed by atoms with E-state index in [1.165, 1.54) is 5.56 Å². The molecule has 3 aromatic rings. The standard InChI is InChI=1S/C17H15N3O/c21-17-10-14(11-18-17)12-4-6-13(7-5-12)16-3-1-2-15-8-9-19-20(15)16/h1-9,14H,10-11H2,(H,18,21). The lowest BCUT2D eigenvalue weighted by Crippen LogP contribution is -2.13. The summed E-state index contributed by atoms with van der Waals surface area (Å²) in [5, 5.41) is 7.25. The maximum Gasteiger partial charge on any atom is 0.220 e. The van der Waals surface area contributed by atoms with Crippen molar-refractivity contribution in [3.05, 3.63) is 60.3 Å². The summed E-state index contributed by atoms with van der Waals surface area (Å²) >= 11 is 0. The van der Waals surface area contributed by atoms with E-state index in [9.17, 15) is 4.79 Å². The highest BCUT2D eigenvalue weighted by molar-refractivity contribution is 5.79. The van der Waals surface area contributed by atoms with Gasteiger partial charge in [0.05, 0.1) is 17.4 Å². The summed E-state index contributed by atoms with van der Waals surface area (Å²) < 4.78 is 1.94. The molecule has 1 aliphatic heterocycles. The van der Waals surface area contributed by atoms with Crippen LogP contribution in [0.25, 0.3) is 16.8 Å². The van der Waals surface area contributed by atoms with E-state index < -0.39 is 0 Å². The molecule has 4 nitrogen and oxygen atoms in total. The molecule has 1 N–H and O–H groups in total. The molecule has 0 spiro atoms. The van der Waals surface area contributed by atoms with Gasteiger partial charge in [0.15, 0.2) is 0 Å². The third kappa shape index (κ3) is 2.09. The molecule has 104 valence electrons. The molecule has 0 saturated carbocycles. The Morgan fingerprint density at radius 2 is 1.95 bits per heavy atom. The number of carbonyl (C=O) groups is 1. The maximum absolute atomic E-state index is 11.3. The summed E-state index contributed by atoms with van der Waals surface area (Å²) in [4.78, 5) is 11.3. The highest BCUT2D eigenvalue weighted by atomic mass is 16.1. The molecule has 0 aliphatic carbocycles. The zero-order valence-corrected chi connectivity index (χ0v) is 11.5. The molecular weight excluding hydrogens is 262 g/mol. The number of aromatic nitrogens is 2. The Morgan fingerprint density at radius 1 is 1.10 bits per heavy atom. The summed E-state index contributed by atoms with van der Waals surface area (Å²) in [6, 6.07) is 16.6. The second-order valence-corrected chi connectivity index (χ2v) is 5.41. The number of fused-ring (bicyclic) bond motifs is 1. The zero-order valence-electron chi connectivity index (χ0n) is 11.5. The zero-order chi connectivity index (χ0) is 14.2. The summed E-state index contributed by atoms with van der Waals surface area (Å²) in [5.41, 5.74) is 4.50. The predicted octanol–water partition coefficient (Wildman–Crippen LogP) is 2.60. The van der Waals surface area contributed by atoms with Crippen LogP contribution in [0.3, 0.4) is 0 Å². The number of hydrogen-bond donors (Lipinski definition) is 1. The van der Waals surface area contributed by atoms with E-state index in [1.807, 2.05) is 28.9 Å². The van der Waals surface area contributed by atoms with Crippen LogP contribution in [0.1, 0.15) is 17.9 Å². The van der Waals surface area contributed by atoms with Crippen molar-refractivity contribution in [3.8, 4) is 11.3 Å². The fraction of sp³-hybridized carbons (Fsp3) is 0.176. The fourth-order valence-corrected chi connectivity index (χ4v) is 2.93. The van der Waals surface area contributed by atoms with E-state index in [-0.39, 0.29) is 5.91 Å². The smallest absolute Gasteiger partial charge is 0.220 e. The number of rotatable bonds is 2. The van der Waals surface area contributed by atoms with E-state index in [1.54, 1.807) is 0 Å². The largest absolute Gasteiger partial charge is 0.355 e. The molecule has 1 aromatic carbocycles. The molecule has 3 heterocycles. The Labute approximate surface area is 122 Å². The highest BCUT2D eigenvalue weighted by Crippen LogP contribution is 2.26. The molecule has 0 radical (unpaired) electrons. The number of benzene rings is 1. The number of hydrogen-bond acceptors (Lipinski definition) is 2. The number of carbonyl (C=O) groups excluding carboxylic acids is 1. The molecule has 21 heavy (non-hydrogen) atoms. The van der Waals surface area contributed by atoms with Crippen LogP contribution < -0.4 is 5.32 Å². The van der Waals surface area contributed by atoms with Gasteiger partial charge in [-0.3, -0.25) is 4.79 Å². The van der Waals surface area contributed by atoms with Crippen LogP contribution in [0.15, 0.2) is 54.7 Å². The van der Waals surface area contributed by atoms with Gasteiger partial charge in [-0.1, -0.05) is 30.3 Å². The van der Waals surface area contributed by atoms with Crippen LogP contribution in [-0.2, 0) is 4.79 Å². The van der Waals surface area contributed by atoms with Crippen LogP contribution in [0.4, 0.5) is 0 Å². The third-order valence-corrected chi connectivity index (χ3v) is 4.08. The highest BCUT2D eigenvalue weighted by Gasteiger charge is 2.22. The van der Waals surface area contributed by atoms with Gasteiger partial charge >= 0.3 is 0 Å². The number of nitrogens with one attached hydrogen (secondary N) is 1. The fourth-order valence-electron chi connectivity index (χ4n) is 2.93. The lowest BCUT2D eigenvalue weighted by Gasteiger charge is -2.10. The molecule has 4 rings (SSSR count). The van der Waals surface area contributed by atoms with Crippen molar-refractivity contribution in [2.75, 3.05) is 6.54 Å². The van der Waals surface area contributed by atoms with Crippen molar-refractivity contribution >= 4 is 11.4 Å². The van der Waals surface area contributed by atoms with Gasteiger partial charge in [0, 0.05) is 24.4 Å². The quantitative estimate of drug-likeness (QED) is 0.782. The van der Waals surface area contributed by atoms with Crippen molar-refractivity contribution in [2.24, 2.45) is 0 Å². The van der Waals surface area contributed by atoms with Crippen molar-refractivity contribution in [1.29, 1.82) is 0 Å². The molecule has 4 heteroatoms. The molecular formula is C17H15N3O. The van der Waals surface area contributed by atoms with Crippen LogP contribution in [0.2, 0.25) is 0 Å². The molecule has 1 amide bonds. The number of nitrogens with zero attached hydrogens (tertiary/aromatic N) is 2. The first-order chi connectivity index (χ1) is 10.3. The van der Waals surface area contributed by atoms with Gasteiger partial charge in [0.1, 0.15) is 0 Å². The van der Waals surface area contributed by atoms with Crippen LogP contribution in [0.5, 0.6) is 0 Å². The minimum absolute atomic E-state index is 0.144. The molecule has 1 fully saturated rings. The Hall–Kier alpha value is -2.62. The van der Waals surface area contributed by atoms with Gasteiger partial charge in [0.2, 0.25) is 5.91 Å². The monoisotopic (exact) mass is 277 g/mol. The van der Waals surface area contributed by atoms with Crippen molar-refractivity contribution < 1.29 is 4.79 Å². The maximum atomic E-state index is 11.3. The van der Waals surface area contributed by atoms with Gasteiger partial charge in [-0.05, 0) is 23.8 Å². The van der Waals surface area contributed by atoms with Gasteiger partial charge in [-0.15, -0.1) is 0 Å². The lowest BCUT2D eigenvalue weighted by atomic mass is 9.96. The Balaban J connectivity index is 1.70. The third-order valence-electron chi connectivity index (χ3n) is 4.08. The second kappa shape index (κ2) is 4.74. The summed E-state index contributed by atoms with van der Waals surface area (Å²) in [6.07, 6.45) is 2.40. The van der Waals surface area contributed by atoms with E-state index in [0.717, 1.165) is 23.3 Å². The lowest BCUT2D eigenvalue weighted by molar-refractivity contribution is -0.119. The Kier molecular flexibility index (Phi) is 2.74. The normalized spacial score (nSPS) is 18.1. The topological polar surface area (TPSA) is 46.4 Å². The van der Waals surface area contributed by atoms with E-state index in [0.29, 0.717) is 12.3 Å². The minimum Gasteiger partial charge on any atom is -0.355 e. The first kappa shape index (κ1) is 12.1. The van der Waals surface area contributed by atoms with Gasteiger partial charge in [-0.2, -0.15) is 5.10 Å². The summed E-state index contributed by atoms with van der Waals surface area (Å²) in [6.45, 7) is 0.743. The average molecular weight is 277 g/mol.